The number of carbonyl (C=O) groups excluding carboxylic acids is 1. The van der Waals surface area contributed by atoms with Gasteiger partial charge in [-0.3, -0.25) is 14.6 Å². The van der Waals surface area contributed by atoms with E-state index in [-0.39, 0.29) is 21.7 Å². The number of pyridine rings is 1. The van der Waals surface area contributed by atoms with Crippen molar-refractivity contribution in [2.75, 3.05) is 0 Å². The first-order valence-corrected chi connectivity index (χ1v) is 15.7. The topological polar surface area (TPSA) is 67.3 Å². The van der Waals surface area contributed by atoms with Gasteiger partial charge in [0.15, 0.2) is 5.78 Å². The number of nitrogens with zero attached hydrogens (tertiary/aromatic N) is 1. The summed E-state index contributed by atoms with van der Waals surface area (Å²) in [5.74, 6) is 0.878. The number of carboxylic acid groups (broad SMARTS) is 1. The fraction of sp³-hybridized carbons (Fsp3) is 0.694. The molecule has 5 aliphatic rings. The molecule has 4 saturated carbocycles. The van der Waals surface area contributed by atoms with Crippen molar-refractivity contribution in [1.82, 2.24) is 4.98 Å². The summed E-state index contributed by atoms with van der Waals surface area (Å²) in [6, 6.07) is 3.99. The zero-order valence-corrected chi connectivity index (χ0v) is 25.8. The van der Waals surface area contributed by atoms with Gasteiger partial charge in [0.2, 0.25) is 0 Å². The largest absolute Gasteiger partial charge is 0.481 e. The van der Waals surface area contributed by atoms with Crippen LogP contribution >= 0.6 is 0 Å². The molecule has 6 rings (SSSR count). The lowest BCUT2D eigenvalue weighted by atomic mass is 9.33. The summed E-state index contributed by atoms with van der Waals surface area (Å²) in [4.78, 5) is 30.5. The average Bonchev–Trinajstić information content (AvgIpc) is 2.89. The number of carbonyl (C=O) groups is 2. The number of hydrogen-bond acceptors (Lipinski definition) is 3. The molecule has 4 fully saturated rings. The van der Waals surface area contributed by atoms with Crippen LogP contribution in [-0.2, 0) is 9.59 Å². The monoisotopic (exact) mass is 543 g/mol. The van der Waals surface area contributed by atoms with Gasteiger partial charge in [-0.15, -0.1) is 0 Å². The van der Waals surface area contributed by atoms with Gasteiger partial charge >= 0.3 is 5.97 Å². The number of carboxylic acids is 1. The Balaban J connectivity index is 1.43. The molecule has 1 aromatic heterocycles. The first kappa shape index (κ1) is 27.9. The van der Waals surface area contributed by atoms with Crippen molar-refractivity contribution in [1.29, 1.82) is 0 Å². The van der Waals surface area contributed by atoms with E-state index in [0.29, 0.717) is 23.5 Å². The highest BCUT2D eigenvalue weighted by atomic mass is 16.4. The summed E-state index contributed by atoms with van der Waals surface area (Å²) < 4.78 is 0. The molecule has 4 nitrogen and oxygen atoms in total. The Labute approximate surface area is 241 Å². The highest BCUT2D eigenvalue weighted by Crippen LogP contribution is 2.75. The van der Waals surface area contributed by atoms with Crippen LogP contribution in [0.25, 0.3) is 6.08 Å². The highest BCUT2D eigenvalue weighted by molar-refractivity contribution is 6.04. The number of Topliss-reactive ketones (excluding diaryl/α,β-unsaturated/α-hetero) is 1. The van der Waals surface area contributed by atoms with Gasteiger partial charge in [0.25, 0.3) is 0 Å². The molecule has 0 radical (unpaired) electrons. The molecule has 216 valence electrons. The van der Waals surface area contributed by atoms with Crippen LogP contribution in [0.5, 0.6) is 0 Å². The van der Waals surface area contributed by atoms with Crippen LogP contribution in [0.4, 0.5) is 0 Å². The summed E-state index contributed by atoms with van der Waals surface area (Å²) >= 11 is 0. The Morgan fingerprint density at radius 1 is 0.950 bits per heavy atom. The van der Waals surface area contributed by atoms with Gasteiger partial charge in [0.1, 0.15) is 0 Å². The molecule has 0 spiro atoms. The van der Waals surface area contributed by atoms with E-state index in [1.54, 1.807) is 18.0 Å². The van der Waals surface area contributed by atoms with Crippen molar-refractivity contribution in [3.8, 4) is 0 Å². The van der Waals surface area contributed by atoms with Gasteiger partial charge < -0.3 is 5.11 Å². The second-order valence-electron chi connectivity index (χ2n) is 16.2. The second-order valence-corrected chi connectivity index (χ2v) is 16.2. The maximum Gasteiger partial charge on any atom is 0.309 e. The lowest BCUT2D eigenvalue weighted by Crippen LogP contribution is -2.64. The molecule has 0 unspecified atom stereocenters. The lowest BCUT2D eigenvalue weighted by molar-refractivity contribution is -0.178. The van der Waals surface area contributed by atoms with Gasteiger partial charge in [-0.1, -0.05) is 53.2 Å². The van der Waals surface area contributed by atoms with Crippen molar-refractivity contribution >= 4 is 17.8 Å². The van der Waals surface area contributed by atoms with E-state index in [1.165, 1.54) is 12.8 Å². The summed E-state index contributed by atoms with van der Waals surface area (Å²) in [5, 5.41) is 10.2. The quantitative estimate of drug-likeness (QED) is 0.300. The van der Waals surface area contributed by atoms with E-state index in [0.717, 1.165) is 56.1 Å². The normalized spacial score (nSPS) is 46.9. The van der Waals surface area contributed by atoms with Gasteiger partial charge in [-0.2, -0.15) is 0 Å². The third-order valence-corrected chi connectivity index (χ3v) is 14.0. The fourth-order valence-corrected chi connectivity index (χ4v) is 11.2. The van der Waals surface area contributed by atoms with Crippen molar-refractivity contribution in [3.05, 3.63) is 47.3 Å². The minimum absolute atomic E-state index is 0.0250. The zero-order chi connectivity index (χ0) is 28.9. The molecule has 40 heavy (non-hydrogen) atoms. The van der Waals surface area contributed by atoms with Gasteiger partial charge in [0.05, 0.1) is 5.41 Å². The van der Waals surface area contributed by atoms with Crippen LogP contribution in [0, 0.1) is 50.2 Å². The molecule has 1 aromatic rings. The second kappa shape index (κ2) is 8.65. The minimum atomic E-state index is -0.634. The Bertz CT molecular complexity index is 1310. The van der Waals surface area contributed by atoms with Gasteiger partial charge in [-0.05, 0) is 133 Å². The number of allylic oxidation sites excluding steroid dienone is 3. The maximum absolute atomic E-state index is 13.9. The number of fused-ring (bicyclic) bond motifs is 7. The molecule has 0 aliphatic heterocycles. The van der Waals surface area contributed by atoms with Crippen LogP contribution in [0.15, 0.2) is 41.7 Å². The van der Waals surface area contributed by atoms with Crippen LogP contribution in [0.1, 0.15) is 112 Å². The van der Waals surface area contributed by atoms with E-state index in [4.69, 9.17) is 0 Å². The molecule has 1 heterocycles. The summed E-state index contributed by atoms with van der Waals surface area (Å²) in [5.41, 5.74) is 2.98. The molecular weight excluding hydrogens is 494 g/mol. The van der Waals surface area contributed by atoms with E-state index >= 15 is 0 Å². The Hall–Kier alpha value is -2.23. The summed E-state index contributed by atoms with van der Waals surface area (Å²) in [6.45, 7) is 16.4. The Morgan fingerprint density at radius 2 is 1.62 bits per heavy atom. The smallest absolute Gasteiger partial charge is 0.309 e. The number of hydrogen-bond donors (Lipinski definition) is 1. The van der Waals surface area contributed by atoms with Crippen LogP contribution in [-0.4, -0.2) is 21.8 Å². The third kappa shape index (κ3) is 3.59. The van der Waals surface area contributed by atoms with Crippen molar-refractivity contribution in [2.45, 2.75) is 106 Å². The predicted octanol–water partition coefficient (Wildman–Crippen LogP) is 8.53. The van der Waals surface area contributed by atoms with Gasteiger partial charge in [0, 0.05) is 17.8 Å². The molecule has 0 amide bonds. The average molecular weight is 544 g/mol. The van der Waals surface area contributed by atoms with E-state index < -0.39 is 16.8 Å². The van der Waals surface area contributed by atoms with Crippen molar-refractivity contribution in [3.63, 3.8) is 0 Å². The molecule has 4 heteroatoms. The molecule has 0 bridgehead atoms. The van der Waals surface area contributed by atoms with Crippen LogP contribution < -0.4 is 0 Å². The molecule has 1 N–H and O–H groups in total. The Morgan fingerprint density at radius 3 is 2.30 bits per heavy atom. The fourth-order valence-electron chi connectivity index (χ4n) is 11.2. The summed E-state index contributed by atoms with van der Waals surface area (Å²) in [7, 11) is 0. The first-order chi connectivity index (χ1) is 18.6. The first-order valence-electron chi connectivity index (χ1n) is 15.7. The third-order valence-electron chi connectivity index (χ3n) is 14.0. The summed E-state index contributed by atoms with van der Waals surface area (Å²) in [6.07, 6.45) is 17.4. The lowest BCUT2D eigenvalue weighted by Gasteiger charge is -2.70. The molecular formula is C36H49NO3. The zero-order valence-electron chi connectivity index (χ0n) is 25.8. The standard InChI is InChI=1S/C36H49NO3/c1-31(2)27-10-13-36(7)28(34(27,5)21-24(29(31)38)20-23-11-18-37-19-12-23)9-8-25-26-22-33(4,30(39)40)15-14-32(26,3)16-17-35(25,36)6/h8,11-12,18-20,26-28H,9-10,13-17,21-22H2,1-7H3,(H,39,40)/b24-20-/t26-,27-,28+,32+,33-,34-,35+,36+/m0/s1. The maximum atomic E-state index is 13.9. The van der Waals surface area contributed by atoms with Crippen LogP contribution in [0.3, 0.4) is 0 Å². The highest BCUT2D eigenvalue weighted by Gasteiger charge is 2.68. The predicted molar refractivity (Wildman–Crippen MR) is 159 cm³/mol. The Kier molecular flexibility index (Phi) is 6.03. The number of aliphatic carboxylic acids is 1. The van der Waals surface area contributed by atoms with Gasteiger partial charge in [-0.25, -0.2) is 0 Å². The minimum Gasteiger partial charge on any atom is -0.481 e. The molecule has 5 aliphatic carbocycles. The number of rotatable bonds is 2. The molecule has 8 atom stereocenters. The van der Waals surface area contributed by atoms with Crippen molar-refractivity contribution in [2.24, 2.45) is 50.2 Å². The van der Waals surface area contributed by atoms with E-state index in [9.17, 15) is 14.7 Å². The number of aromatic nitrogens is 1. The molecule has 0 saturated heterocycles. The SMILES string of the molecule is CC1(C)C(=O)/C(=C\c2ccncc2)C[C@]2(C)[C@H]3CC=C4[C@@H]5C[C@@](C)(C(=O)O)CC[C@]5(C)CC[C@@]4(C)[C@]3(C)CC[C@@H]12. The van der Waals surface area contributed by atoms with Crippen molar-refractivity contribution < 1.29 is 14.7 Å². The van der Waals surface area contributed by atoms with Crippen LogP contribution in [0.2, 0.25) is 0 Å². The van der Waals surface area contributed by atoms with E-state index in [2.05, 4.69) is 58.7 Å². The number of ketones is 1. The van der Waals surface area contributed by atoms with E-state index in [1.807, 2.05) is 19.1 Å². The molecule has 0 aromatic carbocycles.